The highest BCUT2D eigenvalue weighted by Crippen LogP contribution is 2.20. The summed E-state index contributed by atoms with van der Waals surface area (Å²) >= 11 is 3.79. The molecule has 0 aliphatic heterocycles. The number of anilines is 1. The van der Waals surface area contributed by atoms with E-state index in [4.69, 9.17) is 0 Å². The minimum absolute atomic E-state index is 0.0331. The second-order valence-electron chi connectivity index (χ2n) is 3.38. The summed E-state index contributed by atoms with van der Waals surface area (Å²) in [7, 11) is -3.79. The normalized spacial score (nSPS) is 11.4. The topological polar surface area (TPSA) is 91.9 Å². The lowest BCUT2D eigenvalue weighted by Gasteiger charge is -2.05. The third-order valence-electron chi connectivity index (χ3n) is 1.98. The van der Waals surface area contributed by atoms with Crippen LogP contribution < -0.4 is 9.60 Å². The largest absolute Gasteiger partial charge is 0.315 e. The number of aromatic nitrogens is 2. The van der Waals surface area contributed by atoms with E-state index >= 15 is 0 Å². The molecule has 2 aromatic rings. The van der Waals surface area contributed by atoms with Crippen molar-refractivity contribution in [2.75, 3.05) is 4.72 Å². The van der Waals surface area contributed by atoms with E-state index < -0.39 is 14.9 Å². The third-order valence-corrected chi connectivity index (χ3v) is 5.38. The van der Waals surface area contributed by atoms with E-state index in [0.29, 0.717) is 21.6 Å². The molecule has 0 bridgehead atoms. The molecule has 0 amide bonds. The number of aromatic amines is 1. The lowest BCUT2D eigenvalue weighted by molar-refractivity contribution is 0.602. The Hall–Kier alpha value is -1.19. The van der Waals surface area contributed by atoms with Crippen LogP contribution in [0.2, 0.25) is 0 Å². The van der Waals surface area contributed by atoms with Gasteiger partial charge in [-0.3, -0.25) is 9.52 Å². The SMILES string of the molecule is Cc1[nH]c(=O)sc1S(=O)(=O)Nc1cccc(Br)n1. The number of sulfonamides is 1. The predicted octanol–water partition coefficient (Wildman–Crippen LogP) is 1.70. The number of hydrogen-bond donors (Lipinski definition) is 2. The Morgan fingerprint density at radius 3 is 2.72 bits per heavy atom. The number of hydrogen-bond acceptors (Lipinski definition) is 5. The predicted molar refractivity (Wildman–Crippen MR) is 72.4 cm³/mol. The first-order chi connectivity index (χ1) is 8.38. The number of nitrogens with one attached hydrogen (secondary N) is 2. The molecule has 0 aliphatic rings. The number of thiazole rings is 1. The summed E-state index contributed by atoms with van der Waals surface area (Å²) in [5, 5.41) is 0. The Morgan fingerprint density at radius 2 is 2.17 bits per heavy atom. The molecule has 96 valence electrons. The van der Waals surface area contributed by atoms with Crippen LogP contribution in [0.5, 0.6) is 0 Å². The highest BCUT2D eigenvalue weighted by atomic mass is 79.9. The number of H-pyrrole nitrogens is 1. The van der Waals surface area contributed by atoms with Gasteiger partial charge in [0.25, 0.3) is 10.0 Å². The van der Waals surface area contributed by atoms with Crippen LogP contribution in [0.1, 0.15) is 5.69 Å². The van der Waals surface area contributed by atoms with Crippen molar-refractivity contribution in [1.29, 1.82) is 0 Å². The zero-order valence-electron chi connectivity index (χ0n) is 9.10. The van der Waals surface area contributed by atoms with Crippen LogP contribution in [0.25, 0.3) is 0 Å². The number of pyridine rings is 1. The Balaban J connectivity index is 2.39. The average Bonchev–Trinajstić information content (AvgIpc) is 2.58. The van der Waals surface area contributed by atoms with Gasteiger partial charge in [-0.15, -0.1) is 0 Å². The van der Waals surface area contributed by atoms with Gasteiger partial charge in [-0.1, -0.05) is 17.4 Å². The highest BCUT2D eigenvalue weighted by molar-refractivity contribution is 9.10. The quantitative estimate of drug-likeness (QED) is 0.825. The Labute approximate surface area is 115 Å². The highest BCUT2D eigenvalue weighted by Gasteiger charge is 2.21. The monoisotopic (exact) mass is 349 g/mol. The van der Waals surface area contributed by atoms with Crippen molar-refractivity contribution in [3.05, 3.63) is 38.2 Å². The number of halogens is 1. The van der Waals surface area contributed by atoms with Gasteiger partial charge in [-0.05, 0) is 35.0 Å². The molecule has 9 heteroatoms. The van der Waals surface area contributed by atoms with Gasteiger partial charge < -0.3 is 4.98 Å². The molecule has 0 aliphatic carbocycles. The molecule has 0 spiro atoms. The molecule has 0 atom stereocenters. The van der Waals surface area contributed by atoms with Crippen molar-refractivity contribution in [2.24, 2.45) is 0 Å². The van der Waals surface area contributed by atoms with Crippen LogP contribution in [0.15, 0.2) is 31.8 Å². The standard InChI is InChI=1S/C9H8BrN3O3S2/c1-5-8(17-9(14)11-5)18(15,16)13-7-4-2-3-6(10)12-7/h2-4H,1H3,(H,11,14)(H,12,13). The Morgan fingerprint density at radius 1 is 1.44 bits per heavy atom. The van der Waals surface area contributed by atoms with Gasteiger partial charge in [-0.25, -0.2) is 13.4 Å². The van der Waals surface area contributed by atoms with E-state index in [1.807, 2.05) is 0 Å². The van der Waals surface area contributed by atoms with Gasteiger partial charge in [0.05, 0.1) is 0 Å². The van der Waals surface area contributed by atoms with Crippen LogP contribution in [0, 0.1) is 6.92 Å². The summed E-state index contributed by atoms with van der Waals surface area (Å²) in [6, 6.07) is 4.85. The molecule has 6 nitrogen and oxygen atoms in total. The fraction of sp³-hybridized carbons (Fsp3) is 0.111. The maximum atomic E-state index is 12.0. The van der Waals surface area contributed by atoms with Crippen molar-refractivity contribution in [3.8, 4) is 0 Å². The summed E-state index contributed by atoms with van der Waals surface area (Å²) in [5.41, 5.74) is 0.312. The molecule has 2 heterocycles. The molecule has 2 rings (SSSR count). The molecule has 0 aromatic carbocycles. The maximum Gasteiger partial charge on any atom is 0.306 e. The lowest BCUT2D eigenvalue weighted by atomic mass is 10.5. The summed E-state index contributed by atoms with van der Waals surface area (Å²) in [5.74, 6) is 0.185. The number of nitrogens with zero attached hydrogens (tertiary/aromatic N) is 1. The minimum Gasteiger partial charge on any atom is -0.315 e. The zero-order chi connectivity index (χ0) is 13.3. The molecular formula is C9H8BrN3O3S2. The summed E-state index contributed by atoms with van der Waals surface area (Å²) in [6.45, 7) is 1.53. The first-order valence-corrected chi connectivity index (χ1v) is 7.83. The van der Waals surface area contributed by atoms with E-state index in [-0.39, 0.29) is 10.0 Å². The smallest absolute Gasteiger partial charge is 0.306 e. The van der Waals surface area contributed by atoms with Gasteiger partial charge in [0.2, 0.25) is 0 Å². The minimum atomic E-state index is -3.79. The molecule has 18 heavy (non-hydrogen) atoms. The van der Waals surface area contributed by atoms with E-state index in [2.05, 4.69) is 30.6 Å². The van der Waals surface area contributed by atoms with Gasteiger partial charge in [0.15, 0.2) is 4.21 Å². The molecule has 0 saturated carbocycles. The van der Waals surface area contributed by atoms with Crippen molar-refractivity contribution >= 4 is 43.1 Å². The molecule has 0 unspecified atom stereocenters. The van der Waals surface area contributed by atoms with Crippen LogP contribution in [0.3, 0.4) is 0 Å². The first kappa shape index (κ1) is 13.2. The van der Waals surface area contributed by atoms with Crippen LogP contribution in [-0.4, -0.2) is 18.4 Å². The molecule has 0 fully saturated rings. The molecule has 0 radical (unpaired) electrons. The second kappa shape index (κ2) is 4.82. The molecular weight excluding hydrogens is 342 g/mol. The van der Waals surface area contributed by atoms with E-state index in [0.717, 1.165) is 0 Å². The second-order valence-corrected chi connectivity index (χ2v) is 7.05. The van der Waals surface area contributed by atoms with E-state index in [9.17, 15) is 13.2 Å². The fourth-order valence-corrected chi connectivity index (χ4v) is 3.94. The summed E-state index contributed by atoms with van der Waals surface area (Å²) in [6.07, 6.45) is 0. The van der Waals surface area contributed by atoms with Crippen molar-refractivity contribution < 1.29 is 8.42 Å². The lowest BCUT2D eigenvalue weighted by Crippen LogP contribution is -2.13. The number of rotatable bonds is 3. The Kier molecular flexibility index (Phi) is 3.55. The van der Waals surface area contributed by atoms with Crippen LogP contribution in [-0.2, 0) is 10.0 Å². The van der Waals surface area contributed by atoms with Crippen molar-refractivity contribution in [1.82, 2.24) is 9.97 Å². The fourth-order valence-electron chi connectivity index (χ4n) is 1.30. The van der Waals surface area contributed by atoms with E-state index in [1.165, 1.54) is 13.0 Å². The first-order valence-electron chi connectivity index (χ1n) is 4.73. The van der Waals surface area contributed by atoms with Crippen LogP contribution in [0.4, 0.5) is 5.82 Å². The number of aryl methyl sites for hydroxylation is 1. The zero-order valence-corrected chi connectivity index (χ0v) is 12.3. The Bertz CT molecular complexity index is 736. The van der Waals surface area contributed by atoms with Gasteiger partial charge in [0.1, 0.15) is 10.4 Å². The van der Waals surface area contributed by atoms with Crippen LogP contribution >= 0.6 is 27.3 Å². The summed E-state index contributed by atoms with van der Waals surface area (Å²) < 4.78 is 26.9. The maximum absolute atomic E-state index is 12.0. The van der Waals surface area contributed by atoms with E-state index in [1.54, 1.807) is 12.1 Å². The van der Waals surface area contributed by atoms with Crippen molar-refractivity contribution in [3.63, 3.8) is 0 Å². The molecule has 2 aromatic heterocycles. The molecule has 2 N–H and O–H groups in total. The summed E-state index contributed by atoms with van der Waals surface area (Å²) in [4.78, 5) is 17.1. The third kappa shape index (κ3) is 2.79. The van der Waals surface area contributed by atoms with Crippen molar-refractivity contribution in [2.45, 2.75) is 11.1 Å². The average molecular weight is 350 g/mol. The van der Waals surface area contributed by atoms with Gasteiger partial charge in [0, 0.05) is 5.69 Å². The van der Waals surface area contributed by atoms with Gasteiger partial charge >= 0.3 is 4.87 Å². The van der Waals surface area contributed by atoms with Gasteiger partial charge in [-0.2, -0.15) is 0 Å². The molecule has 0 saturated heterocycles.